The molecule has 0 radical (unpaired) electrons. The Hall–Kier alpha value is -2.57. The normalized spacial score (nSPS) is 10.0. The van der Waals surface area contributed by atoms with Crippen molar-refractivity contribution in [2.24, 2.45) is 0 Å². The number of hydrogen-bond donors (Lipinski definition) is 1. The second-order valence-corrected chi connectivity index (χ2v) is 3.60. The third-order valence-corrected chi connectivity index (χ3v) is 2.32. The molecule has 0 saturated heterocycles. The fraction of sp³-hybridized carbons (Fsp3) is 0.250. The van der Waals surface area contributed by atoms with Gasteiger partial charge in [-0.15, -0.1) is 4.98 Å². The quantitative estimate of drug-likeness (QED) is 0.860. The fourth-order valence-corrected chi connectivity index (χ4v) is 1.38. The van der Waals surface area contributed by atoms with E-state index in [9.17, 15) is 0 Å². The van der Waals surface area contributed by atoms with Gasteiger partial charge in [0.1, 0.15) is 12.4 Å². The lowest BCUT2D eigenvalue weighted by Crippen LogP contribution is -2.05. The summed E-state index contributed by atoms with van der Waals surface area (Å²) in [7, 11) is 3.06. The molecule has 0 fully saturated rings. The van der Waals surface area contributed by atoms with E-state index in [4.69, 9.17) is 19.9 Å². The Bertz CT molecular complexity index is 545. The van der Waals surface area contributed by atoms with Crippen molar-refractivity contribution in [1.82, 2.24) is 15.0 Å². The van der Waals surface area contributed by atoms with Gasteiger partial charge in [0.25, 0.3) is 0 Å². The lowest BCUT2D eigenvalue weighted by Gasteiger charge is -2.06. The van der Waals surface area contributed by atoms with Crippen LogP contribution in [0.15, 0.2) is 24.3 Å². The molecule has 0 bridgehead atoms. The average molecular weight is 262 g/mol. The highest BCUT2D eigenvalue weighted by Crippen LogP contribution is 2.14. The van der Waals surface area contributed by atoms with Crippen LogP contribution in [0.2, 0.25) is 0 Å². The number of benzene rings is 1. The molecule has 2 rings (SSSR count). The van der Waals surface area contributed by atoms with Crippen LogP contribution in [-0.4, -0.2) is 29.2 Å². The maximum atomic E-state index is 5.50. The fourth-order valence-electron chi connectivity index (χ4n) is 1.38. The van der Waals surface area contributed by atoms with Crippen LogP contribution in [-0.2, 0) is 6.61 Å². The van der Waals surface area contributed by atoms with Crippen LogP contribution >= 0.6 is 0 Å². The predicted molar refractivity (Wildman–Crippen MR) is 68.1 cm³/mol. The Morgan fingerprint density at radius 2 is 1.63 bits per heavy atom. The standard InChI is InChI=1S/C12H14N4O3/c1-17-9-5-3-8(4-6-9)7-19-12-15-10(13)14-11(16-12)18-2/h3-6H,7H2,1-2H3,(H2,13,14,15,16). The molecule has 100 valence electrons. The summed E-state index contributed by atoms with van der Waals surface area (Å²) in [4.78, 5) is 11.6. The van der Waals surface area contributed by atoms with Crippen molar-refractivity contribution in [2.75, 3.05) is 20.0 Å². The Labute approximate surface area is 110 Å². The summed E-state index contributed by atoms with van der Waals surface area (Å²) in [5.74, 6) is 0.839. The number of aromatic nitrogens is 3. The number of nitrogens with zero attached hydrogens (tertiary/aromatic N) is 3. The monoisotopic (exact) mass is 262 g/mol. The largest absolute Gasteiger partial charge is 0.497 e. The van der Waals surface area contributed by atoms with Gasteiger partial charge < -0.3 is 19.9 Å². The van der Waals surface area contributed by atoms with Crippen molar-refractivity contribution >= 4 is 5.95 Å². The van der Waals surface area contributed by atoms with Gasteiger partial charge >= 0.3 is 12.0 Å². The number of nitrogens with two attached hydrogens (primary N) is 1. The van der Waals surface area contributed by atoms with Crippen LogP contribution < -0.4 is 19.9 Å². The summed E-state index contributed by atoms with van der Waals surface area (Å²) < 4.78 is 15.4. The molecule has 0 aliphatic carbocycles. The minimum absolute atomic E-state index is 0.0524. The van der Waals surface area contributed by atoms with Gasteiger partial charge in [-0.1, -0.05) is 12.1 Å². The van der Waals surface area contributed by atoms with E-state index in [0.717, 1.165) is 11.3 Å². The summed E-state index contributed by atoms with van der Waals surface area (Å²) in [5.41, 5.74) is 6.46. The Morgan fingerprint density at radius 3 is 2.26 bits per heavy atom. The van der Waals surface area contributed by atoms with E-state index in [-0.39, 0.29) is 18.0 Å². The molecule has 1 aromatic heterocycles. The third kappa shape index (κ3) is 3.44. The first kappa shape index (κ1) is 12.9. The number of nitrogen functional groups attached to an aromatic ring is 1. The van der Waals surface area contributed by atoms with Gasteiger partial charge in [0.2, 0.25) is 5.95 Å². The first-order chi connectivity index (χ1) is 9.21. The van der Waals surface area contributed by atoms with Crippen LogP contribution in [0.5, 0.6) is 17.8 Å². The van der Waals surface area contributed by atoms with Gasteiger partial charge in [-0.25, -0.2) is 0 Å². The maximum Gasteiger partial charge on any atom is 0.324 e. The minimum atomic E-state index is 0.0524. The smallest absolute Gasteiger partial charge is 0.324 e. The van der Waals surface area contributed by atoms with E-state index in [0.29, 0.717) is 6.61 Å². The molecule has 0 atom stereocenters. The van der Waals surface area contributed by atoms with Crippen LogP contribution in [0, 0.1) is 0 Å². The van der Waals surface area contributed by atoms with Crippen LogP contribution in [0.25, 0.3) is 0 Å². The number of anilines is 1. The van der Waals surface area contributed by atoms with E-state index in [2.05, 4.69) is 15.0 Å². The highest BCUT2D eigenvalue weighted by Gasteiger charge is 2.05. The molecule has 7 heteroatoms. The Morgan fingerprint density at radius 1 is 0.947 bits per heavy atom. The minimum Gasteiger partial charge on any atom is -0.497 e. The highest BCUT2D eigenvalue weighted by molar-refractivity contribution is 5.27. The second kappa shape index (κ2) is 5.85. The molecular formula is C12H14N4O3. The summed E-state index contributed by atoms with van der Waals surface area (Å²) in [6.45, 7) is 0.316. The lowest BCUT2D eigenvalue weighted by molar-refractivity contribution is 0.271. The molecule has 0 spiro atoms. The van der Waals surface area contributed by atoms with Gasteiger partial charge in [-0.2, -0.15) is 9.97 Å². The molecule has 1 aromatic carbocycles. The molecule has 2 aromatic rings. The average Bonchev–Trinajstić information content (AvgIpc) is 2.45. The first-order valence-electron chi connectivity index (χ1n) is 5.52. The molecule has 0 aliphatic heterocycles. The molecule has 0 amide bonds. The maximum absolute atomic E-state index is 5.50. The molecule has 0 unspecified atom stereocenters. The van der Waals surface area contributed by atoms with Crippen molar-refractivity contribution in [3.63, 3.8) is 0 Å². The van der Waals surface area contributed by atoms with Crippen molar-refractivity contribution in [2.45, 2.75) is 6.61 Å². The molecular weight excluding hydrogens is 248 g/mol. The first-order valence-corrected chi connectivity index (χ1v) is 5.52. The number of methoxy groups -OCH3 is 2. The number of hydrogen-bond acceptors (Lipinski definition) is 7. The molecule has 7 nitrogen and oxygen atoms in total. The lowest BCUT2D eigenvalue weighted by atomic mass is 10.2. The molecule has 2 N–H and O–H groups in total. The topological polar surface area (TPSA) is 92.4 Å². The molecule has 19 heavy (non-hydrogen) atoms. The Balaban J connectivity index is 2.03. The Kier molecular flexibility index (Phi) is 3.97. The van der Waals surface area contributed by atoms with Crippen molar-refractivity contribution in [1.29, 1.82) is 0 Å². The van der Waals surface area contributed by atoms with E-state index in [1.165, 1.54) is 7.11 Å². The highest BCUT2D eigenvalue weighted by atomic mass is 16.5. The number of ether oxygens (including phenoxy) is 3. The molecule has 0 saturated carbocycles. The zero-order valence-electron chi connectivity index (χ0n) is 10.7. The van der Waals surface area contributed by atoms with E-state index in [1.807, 2.05) is 24.3 Å². The second-order valence-electron chi connectivity index (χ2n) is 3.60. The SMILES string of the molecule is COc1ccc(COc2nc(N)nc(OC)n2)cc1. The van der Waals surface area contributed by atoms with Gasteiger partial charge in [-0.05, 0) is 17.7 Å². The van der Waals surface area contributed by atoms with Gasteiger partial charge in [0.15, 0.2) is 0 Å². The van der Waals surface area contributed by atoms with Gasteiger partial charge in [0, 0.05) is 0 Å². The van der Waals surface area contributed by atoms with Crippen LogP contribution in [0.1, 0.15) is 5.56 Å². The summed E-state index contributed by atoms with van der Waals surface area (Å²) in [5, 5.41) is 0. The van der Waals surface area contributed by atoms with Crippen LogP contribution in [0.3, 0.4) is 0 Å². The molecule has 0 aliphatic rings. The third-order valence-electron chi connectivity index (χ3n) is 2.32. The zero-order chi connectivity index (χ0) is 13.7. The van der Waals surface area contributed by atoms with Crippen molar-refractivity contribution < 1.29 is 14.2 Å². The van der Waals surface area contributed by atoms with Crippen LogP contribution in [0.4, 0.5) is 5.95 Å². The van der Waals surface area contributed by atoms with Gasteiger partial charge in [-0.3, -0.25) is 0 Å². The van der Waals surface area contributed by atoms with E-state index in [1.54, 1.807) is 7.11 Å². The van der Waals surface area contributed by atoms with Gasteiger partial charge in [0.05, 0.1) is 14.2 Å². The summed E-state index contributed by atoms with van der Waals surface area (Å²) in [6, 6.07) is 7.72. The summed E-state index contributed by atoms with van der Waals surface area (Å²) in [6.07, 6.45) is 0. The zero-order valence-corrected chi connectivity index (χ0v) is 10.7. The van der Waals surface area contributed by atoms with E-state index >= 15 is 0 Å². The summed E-state index contributed by atoms with van der Waals surface area (Å²) >= 11 is 0. The van der Waals surface area contributed by atoms with E-state index < -0.39 is 0 Å². The number of rotatable bonds is 5. The predicted octanol–water partition coefficient (Wildman–Crippen LogP) is 1.05. The van der Waals surface area contributed by atoms with Crippen molar-refractivity contribution in [3.05, 3.63) is 29.8 Å². The van der Waals surface area contributed by atoms with Crippen molar-refractivity contribution in [3.8, 4) is 17.8 Å². The molecule has 1 heterocycles.